The third-order valence-electron chi connectivity index (χ3n) is 6.56. The van der Waals surface area contributed by atoms with Crippen molar-refractivity contribution in [3.63, 3.8) is 0 Å². The smallest absolute Gasteiger partial charge is 0.257 e. The van der Waals surface area contributed by atoms with E-state index in [1.807, 2.05) is 30.2 Å². The number of hydrogen-bond donors (Lipinski definition) is 2. The number of ether oxygens (including phenoxy) is 2. The van der Waals surface area contributed by atoms with Crippen molar-refractivity contribution in [1.29, 1.82) is 0 Å². The molecular formula is C26H34N4O6. The van der Waals surface area contributed by atoms with Gasteiger partial charge in [-0.15, -0.1) is 0 Å². The number of carbonyl (C=O) groups excluding carboxylic acids is 3. The molecule has 2 aliphatic heterocycles. The molecule has 1 aromatic carbocycles. The zero-order valence-corrected chi connectivity index (χ0v) is 21.1. The number of fused-ring (bicyclic) bond motifs is 2. The molecule has 0 saturated carbocycles. The molecule has 3 heterocycles. The molecule has 1 unspecified atom stereocenters. The first-order valence-electron chi connectivity index (χ1n) is 12.6. The van der Waals surface area contributed by atoms with E-state index in [1.165, 1.54) is 6.20 Å². The second-order valence-electron chi connectivity index (χ2n) is 9.67. The fourth-order valence-corrected chi connectivity index (χ4v) is 4.69. The lowest BCUT2D eigenvalue weighted by atomic mass is 10.0. The van der Waals surface area contributed by atoms with Gasteiger partial charge in [-0.3, -0.25) is 19.2 Å². The molecule has 0 radical (unpaired) electrons. The van der Waals surface area contributed by atoms with Crippen LogP contribution in [0.4, 0.5) is 0 Å². The highest BCUT2D eigenvalue weighted by Crippen LogP contribution is 2.35. The van der Waals surface area contributed by atoms with Crippen molar-refractivity contribution in [2.45, 2.75) is 59.0 Å². The first-order valence-corrected chi connectivity index (χ1v) is 12.6. The van der Waals surface area contributed by atoms with E-state index < -0.39 is 17.4 Å². The van der Waals surface area contributed by atoms with E-state index in [4.69, 9.17) is 9.47 Å². The monoisotopic (exact) mass is 498 g/mol. The normalized spacial score (nSPS) is 15.6. The average molecular weight is 499 g/mol. The molecule has 1 fully saturated rings. The van der Waals surface area contributed by atoms with Crippen molar-refractivity contribution in [1.82, 2.24) is 20.1 Å². The predicted molar refractivity (Wildman–Crippen MR) is 134 cm³/mol. The second-order valence-corrected chi connectivity index (χ2v) is 9.67. The van der Waals surface area contributed by atoms with Gasteiger partial charge in [0.25, 0.3) is 5.91 Å². The van der Waals surface area contributed by atoms with Gasteiger partial charge in [0.1, 0.15) is 11.6 Å². The molecule has 10 heteroatoms. The summed E-state index contributed by atoms with van der Waals surface area (Å²) < 4.78 is 12.7. The highest BCUT2D eigenvalue weighted by Gasteiger charge is 2.26. The maximum Gasteiger partial charge on any atom is 0.257 e. The van der Waals surface area contributed by atoms with Crippen LogP contribution in [-0.4, -0.2) is 59.7 Å². The Morgan fingerprint density at radius 3 is 2.56 bits per heavy atom. The first-order chi connectivity index (χ1) is 17.3. The standard InChI is InChI=1S/C26H34N4O6/c1-4-29-14-18(24(32)17-12-21-22(13-20(17)29)36-15-35-21)25(33)28-19(11-16(2)3)26(34)27-8-6-10-30-9-5-7-23(30)31/h12-14,16,19H,4-11,15H2,1-3H3,(H,27,34)(H,28,33). The number of amides is 3. The summed E-state index contributed by atoms with van der Waals surface area (Å²) in [6.45, 7) is 8.24. The van der Waals surface area contributed by atoms with Crippen LogP contribution in [0.15, 0.2) is 23.1 Å². The summed E-state index contributed by atoms with van der Waals surface area (Å²) in [5, 5.41) is 6.01. The summed E-state index contributed by atoms with van der Waals surface area (Å²) in [4.78, 5) is 53.0. The Balaban J connectivity index is 1.48. The van der Waals surface area contributed by atoms with Crippen molar-refractivity contribution in [2.24, 2.45) is 5.92 Å². The number of aromatic nitrogens is 1. The number of nitrogens with one attached hydrogen (secondary N) is 2. The van der Waals surface area contributed by atoms with Gasteiger partial charge in [-0.25, -0.2) is 0 Å². The predicted octanol–water partition coefficient (Wildman–Crippen LogP) is 2.02. The highest BCUT2D eigenvalue weighted by atomic mass is 16.7. The van der Waals surface area contributed by atoms with Gasteiger partial charge in [0, 0.05) is 44.9 Å². The molecule has 2 aliphatic rings. The van der Waals surface area contributed by atoms with Gasteiger partial charge >= 0.3 is 0 Å². The summed E-state index contributed by atoms with van der Waals surface area (Å²) in [6, 6.07) is 2.56. The summed E-state index contributed by atoms with van der Waals surface area (Å²) in [6.07, 6.45) is 4.07. The Bertz CT molecular complexity index is 1220. The molecule has 194 valence electrons. The Morgan fingerprint density at radius 1 is 1.14 bits per heavy atom. The molecule has 4 rings (SSSR count). The van der Waals surface area contributed by atoms with Gasteiger partial charge in [0.05, 0.1) is 10.9 Å². The van der Waals surface area contributed by atoms with E-state index >= 15 is 0 Å². The van der Waals surface area contributed by atoms with Crippen molar-refractivity contribution >= 4 is 28.6 Å². The lowest BCUT2D eigenvalue weighted by Gasteiger charge is -2.21. The van der Waals surface area contributed by atoms with Gasteiger partial charge in [0.15, 0.2) is 11.5 Å². The maximum absolute atomic E-state index is 13.3. The number of likely N-dealkylation sites (tertiary alicyclic amines) is 1. The number of rotatable bonds is 10. The summed E-state index contributed by atoms with van der Waals surface area (Å²) in [5.74, 6) is 0.432. The SMILES string of the molecule is CCn1cc(C(=O)NC(CC(C)C)C(=O)NCCCN2CCCC2=O)c(=O)c2cc3c(cc21)OCO3. The number of benzene rings is 1. The molecule has 0 spiro atoms. The van der Waals surface area contributed by atoms with E-state index in [9.17, 15) is 19.2 Å². The molecule has 10 nitrogen and oxygen atoms in total. The zero-order valence-electron chi connectivity index (χ0n) is 21.1. The van der Waals surface area contributed by atoms with E-state index in [-0.39, 0.29) is 30.1 Å². The van der Waals surface area contributed by atoms with Gasteiger partial charge in [-0.05, 0) is 38.2 Å². The van der Waals surface area contributed by atoms with E-state index in [0.29, 0.717) is 61.3 Å². The minimum atomic E-state index is -0.784. The Hall–Kier alpha value is -3.56. The van der Waals surface area contributed by atoms with Crippen LogP contribution in [0, 0.1) is 5.92 Å². The lowest BCUT2D eigenvalue weighted by molar-refractivity contribution is -0.127. The third kappa shape index (κ3) is 5.47. The lowest BCUT2D eigenvalue weighted by Crippen LogP contribution is -2.48. The van der Waals surface area contributed by atoms with Crippen molar-refractivity contribution in [3.05, 3.63) is 34.1 Å². The van der Waals surface area contributed by atoms with E-state index in [2.05, 4.69) is 10.6 Å². The van der Waals surface area contributed by atoms with Crippen LogP contribution in [0.1, 0.15) is 56.8 Å². The fraction of sp³-hybridized carbons (Fsp3) is 0.538. The molecule has 1 saturated heterocycles. The van der Waals surface area contributed by atoms with E-state index in [1.54, 1.807) is 12.1 Å². The molecule has 36 heavy (non-hydrogen) atoms. The van der Waals surface area contributed by atoms with Gasteiger partial charge < -0.3 is 29.6 Å². The minimum Gasteiger partial charge on any atom is -0.454 e. The Morgan fingerprint density at radius 2 is 1.89 bits per heavy atom. The van der Waals surface area contributed by atoms with Crippen LogP contribution in [0.25, 0.3) is 10.9 Å². The van der Waals surface area contributed by atoms with Crippen LogP contribution in [0.2, 0.25) is 0 Å². The number of pyridine rings is 1. The number of aryl methyl sites for hydroxylation is 1. The van der Waals surface area contributed by atoms with Gasteiger partial charge in [0.2, 0.25) is 24.0 Å². The summed E-state index contributed by atoms with van der Waals surface area (Å²) >= 11 is 0. The highest BCUT2D eigenvalue weighted by molar-refractivity contribution is 6.00. The van der Waals surface area contributed by atoms with Crippen LogP contribution in [0.5, 0.6) is 11.5 Å². The van der Waals surface area contributed by atoms with Crippen molar-refractivity contribution < 1.29 is 23.9 Å². The Labute approximate surface area is 209 Å². The second kappa shape index (κ2) is 11.0. The molecule has 2 N–H and O–H groups in total. The van der Waals surface area contributed by atoms with Crippen molar-refractivity contribution in [2.75, 3.05) is 26.4 Å². The number of carbonyl (C=O) groups is 3. The summed E-state index contributed by atoms with van der Waals surface area (Å²) in [5.41, 5.74) is 0.193. The average Bonchev–Trinajstić information content (AvgIpc) is 3.48. The minimum absolute atomic E-state index is 0.0303. The molecule has 1 atom stereocenters. The molecular weight excluding hydrogens is 464 g/mol. The molecule has 2 aromatic rings. The molecule has 0 bridgehead atoms. The van der Waals surface area contributed by atoms with Crippen LogP contribution >= 0.6 is 0 Å². The first kappa shape index (κ1) is 25.5. The molecule has 3 amide bonds. The molecule has 1 aromatic heterocycles. The van der Waals surface area contributed by atoms with Crippen molar-refractivity contribution in [3.8, 4) is 11.5 Å². The topological polar surface area (TPSA) is 119 Å². The number of nitrogens with zero attached hydrogens (tertiary/aromatic N) is 2. The third-order valence-corrected chi connectivity index (χ3v) is 6.56. The zero-order chi connectivity index (χ0) is 25.8. The maximum atomic E-state index is 13.3. The van der Waals surface area contributed by atoms with Crippen LogP contribution in [-0.2, 0) is 16.1 Å². The summed E-state index contributed by atoms with van der Waals surface area (Å²) in [7, 11) is 0. The van der Waals surface area contributed by atoms with Crippen LogP contribution in [0.3, 0.4) is 0 Å². The largest absolute Gasteiger partial charge is 0.454 e. The number of hydrogen-bond acceptors (Lipinski definition) is 6. The fourth-order valence-electron chi connectivity index (χ4n) is 4.69. The van der Waals surface area contributed by atoms with Crippen LogP contribution < -0.4 is 25.5 Å². The van der Waals surface area contributed by atoms with E-state index in [0.717, 1.165) is 13.0 Å². The Kier molecular flexibility index (Phi) is 7.81. The quantitative estimate of drug-likeness (QED) is 0.484. The van der Waals surface area contributed by atoms with Gasteiger partial charge in [-0.1, -0.05) is 13.8 Å². The van der Waals surface area contributed by atoms with Gasteiger partial charge in [-0.2, -0.15) is 0 Å². The molecule has 0 aliphatic carbocycles.